The van der Waals surface area contributed by atoms with Gasteiger partial charge in [0.05, 0.1) is 17.0 Å². The first-order valence-electron chi connectivity index (χ1n) is 13.2. The van der Waals surface area contributed by atoms with E-state index in [4.69, 9.17) is 4.42 Å². The van der Waals surface area contributed by atoms with Gasteiger partial charge in [0.15, 0.2) is 5.58 Å². The van der Waals surface area contributed by atoms with Gasteiger partial charge in [0.1, 0.15) is 11.6 Å². The Labute approximate surface area is 237 Å². The Morgan fingerprint density at radius 3 is 2.22 bits per heavy atom. The third-order valence-electron chi connectivity index (χ3n) is 7.36. The molecule has 1 fully saturated rings. The van der Waals surface area contributed by atoms with E-state index in [1.807, 2.05) is 61.5 Å². The van der Waals surface area contributed by atoms with Gasteiger partial charge in [0, 0.05) is 11.6 Å². The summed E-state index contributed by atoms with van der Waals surface area (Å²) in [6, 6.07) is 27.8. The lowest BCUT2D eigenvalue weighted by Crippen LogP contribution is -2.46. The summed E-state index contributed by atoms with van der Waals surface area (Å²) >= 11 is 0. The van der Waals surface area contributed by atoms with Crippen molar-refractivity contribution in [2.45, 2.75) is 37.2 Å². The number of hydrogen-bond acceptors (Lipinski definition) is 6. The van der Waals surface area contributed by atoms with E-state index >= 15 is 0 Å². The molecule has 1 saturated heterocycles. The minimum atomic E-state index is -4.15. The van der Waals surface area contributed by atoms with E-state index in [0.29, 0.717) is 28.3 Å². The van der Waals surface area contributed by atoms with Crippen LogP contribution >= 0.6 is 0 Å². The molecule has 41 heavy (non-hydrogen) atoms. The number of anilines is 1. The first-order chi connectivity index (χ1) is 19.7. The number of oxazole rings is 1. The Hall–Kier alpha value is -4.60. The fourth-order valence-electron chi connectivity index (χ4n) is 5.19. The molecular weight excluding hydrogens is 538 g/mol. The summed E-state index contributed by atoms with van der Waals surface area (Å²) in [6.45, 7) is 3.60. The fourth-order valence-corrected chi connectivity index (χ4v) is 6.95. The van der Waals surface area contributed by atoms with E-state index in [9.17, 15) is 18.0 Å². The van der Waals surface area contributed by atoms with Crippen molar-refractivity contribution in [2.24, 2.45) is 0 Å². The zero-order valence-electron chi connectivity index (χ0n) is 22.5. The number of carbonyl (C=O) groups is 2. The topological polar surface area (TPSA) is 101 Å². The Morgan fingerprint density at radius 1 is 0.878 bits per heavy atom. The highest BCUT2D eigenvalue weighted by Crippen LogP contribution is 2.36. The number of rotatable bonds is 7. The Bertz CT molecular complexity index is 1820. The van der Waals surface area contributed by atoms with Crippen LogP contribution in [0.3, 0.4) is 0 Å². The van der Waals surface area contributed by atoms with Crippen LogP contribution in [0, 0.1) is 6.92 Å². The van der Waals surface area contributed by atoms with Crippen molar-refractivity contribution in [1.82, 2.24) is 9.29 Å². The van der Waals surface area contributed by atoms with E-state index in [1.54, 1.807) is 43.3 Å². The van der Waals surface area contributed by atoms with E-state index < -0.39 is 33.9 Å². The number of aryl methyl sites for hydroxylation is 1. The summed E-state index contributed by atoms with van der Waals surface area (Å²) in [5.74, 6) is -0.649. The van der Waals surface area contributed by atoms with Crippen LogP contribution in [0.5, 0.6) is 0 Å². The van der Waals surface area contributed by atoms with Crippen LogP contribution in [-0.2, 0) is 19.6 Å². The van der Waals surface area contributed by atoms with Crippen LogP contribution in [0.4, 0.5) is 5.69 Å². The minimum absolute atomic E-state index is 0.0623. The number of amides is 2. The highest BCUT2D eigenvalue weighted by molar-refractivity contribution is 7.89. The maximum atomic E-state index is 14.0. The molecule has 4 aromatic carbocycles. The van der Waals surface area contributed by atoms with E-state index in [0.717, 1.165) is 16.0 Å². The van der Waals surface area contributed by atoms with Gasteiger partial charge in [-0.25, -0.2) is 18.3 Å². The number of aromatic nitrogens is 1. The van der Waals surface area contributed by atoms with Crippen molar-refractivity contribution in [3.05, 3.63) is 114 Å². The van der Waals surface area contributed by atoms with Crippen molar-refractivity contribution in [1.29, 1.82) is 0 Å². The van der Waals surface area contributed by atoms with Crippen molar-refractivity contribution < 1.29 is 22.4 Å². The van der Waals surface area contributed by atoms with Gasteiger partial charge in [-0.15, -0.1) is 0 Å². The van der Waals surface area contributed by atoms with Crippen LogP contribution < -0.4 is 4.90 Å². The largest absolute Gasteiger partial charge is 0.436 e. The van der Waals surface area contributed by atoms with Gasteiger partial charge in [-0.3, -0.25) is 9.59 Å². The Balaban J connectivity index is 1.34. The molecule has 2 amide bonds. The van der Waals surface area contributed by atoms with E-state index in [2.05, 4.69) is 4.98 Å². The first kappa shape index (κ1) is 26.6. The highest BCUT2D eigenvalue weighted by Gasteiger charge is 2.49. The van der Waals surface area contributed by atoms with Crippen LogP contribution in [0.2, 0.25) is 0 Å². The van der Waals surface area contributed by atoms with Crippen molar-refractivity contribution >= 4 is 38.6 Å². The summed E-state index contributed by atoms with van der Waals surface area (Å²) < 4.78 is 35.1. The SMILES string of the molecule is Cc1ccc(S(=O)(=O)N(C2CC(=O)N(c3ccc(-c4nc5ccccc5o4)cc3)C2=O)C(C)c2ccccc2)cc1. The van der Waals surface area contributed by atoms with Crippen LogP contribution in [0.25, 0.3) is 22.6 Å². The molecule has 0 saturated carbocycles. The second-order valence-corrected chi connectivity index (χ2v) is 11.9. The quantitative estimate of drug-likeness (QED) is 0.228. The molecule has 0 bridgehead atoms. The second kappa shape index (κ2) is 10.4. The molecule has 0 radical (unpaired) electrons. The molecule has 206 valence electrons. The molecule has 0 N–H and O–H groups in total. The van der Waals surface area contributed by atoms with Crippen LogP contribution in [0.1, 0.15) is 30.5 Å². The molecule has 1 aromatic heterocycles. The van der Waals surface area contributed by atoms with Gasteiger partial charge in [0.25, 0.3) is 5.91 Å². The summed E-state index contributed by atoms with van der Waals surface area (Å²) in [5, 5.41) is 0. The van der Waals surface area contributed by atoms with Gasteiger partial charge in [0.2, 0.25) is 21.8 Å². The van der Waals surface area contributed by atoms with Gasteiger partial charge < -0.3 is 4.42 Å². The molecule has 9 heteroatoms. The molecule has 2 heterocycles. The van der Waals surface area contributed by atoms with Crippen molar-refractivity contribution in [2.75, 3.05) is 4.90 Å². The highest BCUT2D eigenvalue weighted by atomic mass is 32.2. The molecule has 2 atom stereocenters. The standard InChI is InChI=1S/C32H27N3O5S/c1-21-12-18-26(19-13-21)41(38,39)35(22(2)23-8-4-3-5-9-23)28-20-30(36)34(32(28)37)25-16-14-24(15-17-25)31-33-27-10-6-7-11-29(27)40-31/h3-19,22,28H,20H2,1-2H3. The number of fused-ring (bicyclic) bond motifs is 1. The lowest BCUT2D eigenvalue weighted by molar-refractivity contribution is -0.122. The third kappa shape index (κ3) is 4.83. The molecule has 2 unspecified atom stereocenters. The average molecular weight is 566 g/mol. The normalized spacial score (nSPS) is 16.6. The van der Waals surface area contributed by atoms with E-state index in [1.165, 1.54) is 16.4 Å². The molecule has 1 aliphatic rings. The average Bonchev–Trinajstić information content (AvgIpc) is 3.54. The molecular formula is C32H27N3O5S. The number of sulfonamides is 1. The number of imide groups is 1. The number of nitrogens with zero attached hydrogens (tertiary/aromatic N) is 3. The zero-order chi connectivity index (χ0) is 28.7. The maximum absolute atomic E-state index is 14.0. The second-order valence-electron chi connectivity index (χ2n) is 10.1. The van der Waals surface area contributed by atoms with Crippen LogP contribution in [-0.4, -0.2) is 35.6 Å². The predicted octanol–water partition coefficient (Wildman–Crippen LogP) is 5.89. The summed E-state index contributed by atoms with van der Waals surface area (Å²) in [6.07, 6.45) is -0.270. The van der Waals surface area contributed by atoms with Gasteiger partial charge in [-0.2, -0.15) is 4.31 Å². The maximum Gasteiger partial charge on any atom is 0.252 e. The lowest BCUT2D eigenvalue weighted by Gasteiger charge is -2.32. The molecule has 0 spiro atoms. The predicted molar refractivity (Wildman–Crippen MR) is 155 cm³/mol. The Kier molecular flexibility index (Phi) is 6.76. The third-order valence-corrected chi connectivity index (χ3v) is 9.35. The van der Waals surface area contributed by atoms with Gasteiger partial charge in [-0.05, 0) is 67.9 Å². The molecule has 6 rings (SSSR count). The summed E-state index contributed by atoms with van der Waals surface area (Å²) in [4.78, 5) is 32.8. The molecule has 8 nitrogen and oxygen atoms in total. The van der Waals surface area contributed by atoms with E-state index in [-0.39, 0.29) is 11.3 Å². The minimum Gasteiger partial charge on any atom is -0.436 e. The summed E-state index contributed by atoms with van der Waals surface area (Å²) in [5.41, 5.74) is 4.03. The molecule has 0 aliphatic carbocycles. The first-order valence-corrected chi connectivity index (χ1v) is 14.7. The number of hydrogen-bond donors (Lipinski definition) is 0. The van der Waals surface area contributed by atoms with Gasteiger partial charge >= 0.3 is 0 Å². The number of para-hydroxylation sites is 2. The van der Waals surface area contributed by atoms with Gasteiger partial charge in [-0.1, -0.05) is 60.2 Å². The number of benzene rings is 4. The molecule has 5 aromatic rings. The fraction of sp³-hybridized carbons (Fsp3) is 0.156. The summed E-state index contributed by atoms with van der Waals surface area (Å²) in [7, 11) is -4.15. The van der Waals surface area contributed by atoms with Crippen LogP contribution in [0.15, 0.2) is 112 Å². The Morgan fingerprint density at radius 2 is 1.54 bits per heavy atom. The van der Waals surface area contributed by atoms with Crippen molar-refractivity contribution in [3.63, 3.8) is 0 Å². The van der Waals surface area contributed by atoms with Crippen molar-refractivity contribution in [3.8, 4) is 11.5 Å². The lowest BCUT2D eigenvalue weighted by atomic mass is 10.1. The smallest absolute Gasteiger partial charge is 0.252 e. The molecule has 1 aliphatic heterocycles. The monoisotopic (exact) mass is 565 g/mol. The number of carbonyl (C=O) groups excluding carboxylic acids is 2. The zero-order valence-corrected chi connectivity index (χ0v) is 23.3.